The van der Waals surface area contributed by atoms with E-state index in [0.29, 0.717) is 5.69 Å². The molecule has 1 aliphatic rings. The second kappa shape index (κ2) is 5.28. The summed E-state index contributed by atoms with van der Waals surface area (Å²) in [6.45, 7) is 3.39. The van der Waals surface area contributed by atoms with Crippen LogP contribution in [0.2, 0.25) is 0 Å². The largest absolute Gasteiger partial charge is 0.449 e. The topological polar surface area (TPSA) is 49.5 Å². The van der Waals surface area contributed by atoms with Crippen molar-refractivity contribution in [2.75, 3.05) is 19.6 Å². The summed E-state index contributed by atoms with van der Waals surface area (Å²) in [6, 6.07) is 0. The van der Waals surface area contributed by atoms with Gasteiger partial charge in [0, 0.05) is 13.0 Å². The van der Waals surface area contributed by atoms with Gasteiger partial charge in [-0.25, -0.2) is 4.98 Å². The SMILES string of the molecule is OCc1coc(CCN2CCCCC2)n1. The molecule has 0 amide bonds. The van der Waals surface area contributed by atoms with Crippen LogP contribution in [0.1, 0.15) is 30.8 Å². The van der Waals surface area contributed by atoms with Gasteiger partial charge in [0.1, 0.15) is 12.0 Å². The normalized spacial score (nSPS) is 18.2. The summed E-state index contributed by atoms with van der Waals surface area (Å²) in [5.74, 6) is 0.740. The molecule has 1 fully saturated rings. The summed E-state index contributed by atoms with van der Waals surface area (Å²) in [6.07, 6.45) is 6.37. The number of aliphatic hydroxyl groups is 1. The summed E-state index contributed by atoms with van der Waals surface area (Å²) in [4.78, 5) is 6.62. The molecule has 1 aromatic rings. The standard InChI is InChI=1S/C11H18N2O2/c14-8-10-9-15-11(12-10)4-7-13-5-2-1-3-6-13/h9,14H,1-8H2. The minimum Gasteiger partial charge on any atom is -0.449 e. The lowest BCUT2D eigenvalue weighted by molar-refractivity contribution is 0.226. The first-order valence-electron chi connectivity index (χ1n) is 5.65. The predicted octanol–water partition coefficient (Wildman–Crippen LogP) is 1.20. The average molecular weight is 210 g/mol. The number of hydrogen-bond acceptors (Lipinski definition) is 4. The molecule has 1 N–H and O–H groups in total. The van der Waals surface area contributed by atoms with Gasteiger partial charge in [-0.1, -0.05) is 6.42 Å². The van der Waals surface area contributed by atoms with E-state index in [-0.39, 0.29) is 6.61 Å². The molecular weight excluding hydrogens is 192 g/mol. The van der Waals surface area contributed by atoms with Gasteiger partial charge < -0.3 is 14.4 Å². The van der Waals surface area contributed by atoms with Crippen molar-refractivity contribution in [2.45, 2.75) is 32.3 Å². The highest BCUT2D eigenvalue weighted by atomic mass is 16.3. The van der Waals surface area contributed by atoms with Crippen LogP contribution >= 0.6 is 0 Å². The molecule has 0 radical (unpaired) electrons. The van der Waals surface area contributed by atoms with E-state index in [2.05, 4.69) is 9.88 Å². The Balaban J connectivity index is 1.76. The Labute approximate surface area is 89.9 Å². The van der Waals surface area contributed by atoms with Gasteiger partial charge in [0.2, 0.25) is 0 Å². The van der Waals surface area contributed by atoms with E-state index in [4.69, 9.17) is 9.52 Å². The number of nitrogens with zero attached hydrogens (tertiary/aromatic N) is 2. The van der Waals surface area contributed by atoms with Crippen LogP contribution < -0.4 is 0 Å². The van der Waals surface area contributed by atoms with Crippen molar-refractivity contribution in [1.82, 2.24) is 9.88 Å². The lowest BCUT2D eigenvalue weighted by atomic mass is 10.1. The number of hydrogen-bond donors (Lipinski definition) is 1. The highest BCUT2D eigenvalue weighted by molar-refractivity contribution is 4.94. The smallest absolute Gasteiger partial charge is 0.195 e. The summed E-state index contributed by atoms with van der Waals surface area (Å²) >= 11 is 0. The molecule has 1 aliphatic heterocycles. The second-order valence-corrected chi connectivity index (χ2v) is 4.04. The molecule has 15 heavy (non-hydrogen) atoms. The molecule has 4 heteroatoms. The lowest BCUT2D eigenvalue weighted by Crippen LogP contribution is -2.31. The molecule has 0 atom stereocenters. The van der Waals surface area contributed by atoms with Gasteiger partial charge in [0.15, 0.2) is 5.89 Å². The lowest BCUT2D eigenvalue weighted by Gasteiger charge is -2.25. The molecular formula is C11H18N2O2. The molecule has 1 aromatic heterocycles. The first-order valence-corrected chi connectivity index (χ1v) is 5.65. The summed E-state index contributed by atoms with van der Waals surface area (Å²) in [5.41, 5.74) is 0.628. The van der Waals surface area contributed by atoms with Gasteiger partial charge in [-0.15, -0.1) is 0 Å². The van der Waals surface area contributed by atoms with Crippen molar-refractivity contribution < 1.29 is 9.52 Å². The molecule has 0 unspecified atom stereocenters. The van der Waals surface area contributed by atoms with E-state index in [9.17, 15) is 0 Å². The van der Waals surface area contributed by atoms with E-state index in [0.717, 1.165) is 18.9 Å². The van der Waals surface area contributed by atoms with Gasteiger partial charge in [-0.05, 0) is 25.9 Å². The van der Waals surface area contributed by atoms with Crippen LogP contribution in [0.5, 0.6) is 0 Å². The van der Waals surface area contributed by atoms with Crippen molar-refractivity contribution in [3.8, 4) is 0 Å². The van der Waals surface area contributed by atoms with Crippen LogP contribution in [0.4, 0.5) is 0 Å². The molecule has 0 aromatic carbocycles. The Hall–Kier alpha value is -0.870. The van der Waals surface area contributed by atoms with Crippen molar-refractivity contribution in [2.24, 2.45) is 0 Å². The van der Waals surface area contributed by atoms with Crippen LogP contribution in [0.15, 0.2) is 10.7 Å². The number of aliphatic hydroxyl groups excluding tert-OH is 1. The molecule has 1 saturated heterocycles. The highest BCUT2D eigenvalue weighted by Crippen LogP contribution is 2.10. The fraction of sp³-hybridized carbons (Fsp3) is 0.727. The molecule has 0 bridgehead atoms. The van der Waals surface area contributed by atoms with Gasteiger partial charge in [-0.2, -0.15) is 0 Å². The maximum absolute atomic E-state index is 8.83. The molecule has 2 heterocycles. The van der Waals surface area contributed by atoms with Crippen LogP contribution in [-0.2, 0) is 13.0 Å². The number of aromatic nitrogens is 1. The first kappa shape index (κ1) is 10.6. The van der Waals surface area contributed by atoms with Crippen molar-refractivity contribution in [3.63, 3.8) is 0 Å². The third kappa shape index (κ3) is 3.04. The van der Waals surface area contributed by atoms with E-state index in [1.165, 1.54) is 38.6 Å². The van der Waals surface area contributed by atoms with Crippen molar-refractivity contribution in [3.05, 3.63) is 17.8 Å². The molecule has 4 nitrogen and oxygen atoms in total. The minimum atomic E-state index is -0.0345. The van der Waals surface area contributed by atoms with Gasteiger partial charge in [-0.3, -0.25) is 0 Å². The Kier molecular flexibility index (Phi) is 3.75. The minimum absolute atomic E-state index is 0.0345. The van der Waals surface area contributed by atoms with Gasteiger partial charge in [0.25, 0.3) is 0 Å². The first-order chi connectivity index (χ1) is 7.38. The summed E-state index contributed by atoms with van der Waals surface area (Å²) in [7, 11) is 0. The zero-order valence-corrected chi connectivity index (χ0v) is 8.98. The zero-order valence-electron chi connectivity index (χ0n) is 8.98. The maximum Gasteiger partial charge on any atom is 0.195 e. The van der Waals surface area contributed by atoms with E-state index in [1.54, 1.807) is 0 Å². The third-order valence-corrected chi connectivity index (χ3v) is 2.85. The maximum atomic E-state index is 8.83. The van der Waals surface area contributed by atoms with Crippen LogP contribution in [0, 0.1) is 0 Å². The fourth-order valence-electron chi connectivity index (χ4n) is 1.97. The highest BCUT2D eigenvalue weighted by Gasteiger charge is 2.11. The van der Waals surface area contributed by atoms with E-state index >= 15 is 0 Å². The van der Waals surface area contributed by atoms with E-state index < -0.39 is 0 Å². The molecule has 0 saturated carbocycles. The molecule has 2 rings (SSSR count). The summed E-state index contributed by atoms with van der Waals surface area (Å²) in [5, 5.41) is 8.83. The zero-order chi connectivity index (χ0) is 10.5. The molecule has 84 valence electrons. The fourth-order valence-corrected chi connectivity index (χ4v) is 1.97. The number of rotatable bonds is 4. The van der Waals surface area contributed by atoms with Crippen LogP contribution in [0.25, 0.3) is 0 Å². The van der Waals surface area contributed by atoms with Gasteiger partial charge in [0.05, 0.1) is 6.61 Å². The van der Waals surface area contributed by atoms with Crippen molar-refractivity contribution in [1.29, 1.82) is 0 Å². The Bertz CT molecular complexity index is 293. The van der Waals surface area contributed by atoms with E-state index in [1.807, 2.05) is 0 Å². The van der Waals surface area contributed by atoms with Crippen LogP contribution in [-0.4, -0.2) is 34.6 Å². The van der Waals surface area contributed by atoms with Crippen molar-refractivity contribution >= 4 is 0 Å². The third-order valence-electron chi connectivity index (χ3n) is 2.85. The number of piperidine rings is 1. The Morgan fingerprint density at radius 2 is 2.13 bits per heavy atom. The quantitative estimate of drug-likeness (QED) is 0.811. The Morgan fingerprint density at radius 3 is 2.80 bits per heavy atom. The molecule has 0 spiro atoms. The number of oxazole rings is 1. The number of likely N-dealkylation sites (tertiary alicyclic amines) is 1. The molecule has 0 aliphatic carbocycles. The Morgan fingerprint density at radius 1 is 1.33 bits per heavy atom. The summed E-state index contributed by atoms with van der Waals surface area (Å²) < 4.78 is 5.25. The second-order valence-electron chi connectivity index (χ2n) is 4.04. The average Bonchev–Trinajstić information content (AvgIpc) is 2.76. The predicted molar refractivity (Wildman–Crippen MR) is 56.4 cm³/mol. The van der Waals surface area contributed by atoms with Crippen LogP contribution in [0.3, 0.4) is 0 Å². The monoisotopic (exact) mass is 210 g/mol. The van der Waals surface area contributed by atoms with Gasteiger partial charge >= 0.3 is 0 Å².